The van der Waals surface area contributed by atoms with Crippen LogP contribution < -0.4 is 15.0 Å². The van der Waals surface area contributed by atoms with Crippen molar-refractivity contribution >= 4 is 11.4 Å². The van der Waals surface area contributed by atoms with Crippen LogP contribution in [0.1, 0.15) is 24.8 Å². The number of nitrogens with one attached hydrogen (secondary N) is 1. The molecule has 1 saturated heterocycles. The lowest BCUT2D eigenvalue weighted by atomic mass is 10.2. The molecule has 7 heteroatoms. The Morgan fingerprint density at radius 1 is 1.03 bits per heavy atom. The molecule has 4 rings (SSSR count). The lowest BCUT2D eigenvalue weighted by Gasteiger charge is -2.36. The molecule has 0 bridgehead atoms. The highest BCUT2D eigenvalue weighted by atomic mass is 16.5. The van der Waals surface area contributed by atoms with Crippen LogP contribution in [0.25, 0.3) is 0 Å². The maximum atomic E-state index is 10.5. The van der Waals surface area contributed by atoms with Crippen molar-refractivity contribution in [3.63, 3.8) is 0 Å². The van der Waals surface area contributed by atoms with Gasteiger partial charge in [0.25, 0.3) is 0 Å². The van der Waals surface area contributed by atoms with Crippen LogP contribution in [0.3, 0.4) is 0 Å². The Bertz CT molecular complexity index is 839. The first-order chi connectivity index (χ1) is 14.1. The van der Waals surface area contributed by atoms with Gasteiger partial charge in [-0.2, -0.15) is 0 Å². The third-order valence-corrected chi connectivity index (χ3v) is 6.03. The van der Waals surface area contributed by atoms with Gasteiger partial charge in [0.1, 0.15) is 11.4 Å². The Kier molecular flexibility index (Phi) is 5.76. The zero-order valence-electron chi connectivity index (χ0n) is 17.4. The first kappa shape index (κ1) is 19.8. The zero-order valence-corrected chi connectivity index (χ0v) is 17.4. The topological polar surface area (TPSA) is 73.1 Å². The highest BCUT2D eigenvalue weighted by Gasteiger charge is 2.27. The van der Waals surface area contributed by atoms with Gasteiger partial charge in [-0.25, -0.2) is 0 Å². The predicted octanol–water partition coefficient (Wildman–Crippen LogP) is 3.00. The molecule has 2 heterocycles. The van der Waals surface area contributed by atoms with Gasteiger partial charge >= 0.3 is 0 Å². The Labute approximate surface area is 172 Å². The molecular weight excluding hydrogens is 368 g/mol. The average molecular weight is 401 g/mol. The summed E-state index contributed by atoms with van der Waals surface area (Å²) in [6, 6.07) is 8.61. The highest BCUT2D eigenvalue weighted by molar-refractivity contribution is 5.65. The summed E-state index contributed by atoms with van der Waals surface area (Å²) in [5.74, 6) is 1.25. The van der Waals surface area contributed by atoms with Crippen molar-refractivity contribution in [2.24, 2.45) is 0 Å². The molecule has 0 atom stereocenters. The highest BCUT2D eigenvalue weighted by Crippen LogP contribution is 2.40. The average Bonchev–Trinajstić information content (AvgIpc) is 3.55. The first-order valence-corrected chi connectivity index (χ1v) is 10.6. The van der Waals surface area contributed by atoms with Gasteiger partial charge in [0.2, 0.25) is 5.88 Å². The third kappa shape index (κ3) is 4.24. The number of aromatic hydroxyl groups is 2. The molecule has 1 aliphatic carbocycles. The standard InChI is InChI=1S/C22H32N4O3/c1-16-20(23-17-8-9-17)22(28)26(21(16)27)11-5-10-24-12-14-25(15-13-24)18-6-3-4-7-19(18)29-2/h3-4,6-7,17,23,27-28H,5,8-15H2,1-2H3. The summed E-state index contributed by atoms with van der Waals surface area (Å²) < 4.78 is 7.12. The second-order valence-corrected chi connectivity index (χ2v) is 8.07. The van der Waals surface area contributed by atoms with Crippen LogP contribution in [-0.4, -0.2) is 65.6 Å². The van der Waals surface area contributed by atoms with Crippen molar-refractivity contribution in [1.29, 1.82) is 0 Å². The van der Waals surface area contributed by atoms with Crippen LogP contribution >= 0.6 is 0 Å². The number of piperazine rings is 1. The lowest BCUT2D eigenvalue weighted by molar-refractivity contribution is 0.246. The quantitative estimate of drug-likeness (QED) is 0.633. The summed E-state index contributed by atoms with van der Waals surface area (Å²) in [5, 5.41) is 24.3. The third-order valence-electron chi connectivity index (χ3n) is 6.03. The molecule has 0 amide bonds. The first-order valence-electron chi connectivity index (χ1n) is 10.6. The number of anilines is 2. The van der Waals surface area contributed by atoms with E-state index < -0.39 is 0 Å². The van der Waals surface area contributed by atoms with E-state index in [4.69, 9.17) is 4.74 Å². The number of para-hydroxylation sites is 2. The summed E-state index contributed by atoms with van der Waals surface area (Å²) in [7, 11) is 1.72. The molecular formula is C22H32N4O3. The largest absolute Gasteiger partial charge is 0.495 e. The molecule has 1 aromatic heterocycles. The van der Waals surface area contributed by atoms with Gasteiger partial charge in [-0.05, 0) is 44.9 Å². The Morgan fingerprint density at radius 2 is 1.76 bits per heavy atom. The van der Waals surface area contributed by atoms with Crippen LogP contribution in [0.4, 0.5) is 11.4 Å². The van der Waals surface area contributed by atoms with Crippen molar-refractivity contribution in [2.45, 2.75) is 38.8 Å². The van der Waals surface area contributed by atoms with E-state index >= 15 is 0 Å². The van der Waals surface area contributed by atoms with Gasteiger partial charge in [0, 0.05) is 44.3 Å². The van der Waals surface area contributed by atoms with E-state index in [1.165, 1.54) is 0 Å². The monoisotopic (exact) mass is 400 g/mol. The Hall–Kier alpha value is -2.54. The Balaban J connectivity index is 1.28. The molecule has 29 heavy (non-hydrogen) atoms. The minimum Gasteiger partial charge on any atom is -0.495 e. The number of benzene rings is 1. The van der Waals surface area contributed by atoms with E-state index in [9.17, 15) is 10.2 Å². The van der Waals surface area contributed by atoms with E-state index in [2.05, 4.69) is 27.2 Å². The van der Waals surface area contributed by atoms with Crippen molar-refractivity contribution in [1.82, 2.24) is 9.47 Å². The molecule has 0 unspecified atom stereocenters. The van der Waals surface area contributed by atoms with E-state index in [1.54, 1.807) is 11.7 Å². The molecule has 2 aromatic rings. The van der Waals surface area contributed by atoms with Gasteiger partial charge in [0.15, 0.2) is 5.88 Å². The number of rotatable bonds is 8. The number of hydrogen-bond acceptors (Lipinski definition) is 6. The summed E-state index contributed by atoms with van der Waals surface area (Å²) >= 11 is 0. The van der Waals surface area contributed by atoms with Gasteiger partial charge < -0.3 is 25.2 Å². The van der Waals surface area contributed by atoms with Crippen LogP contribution in [0, 0.1) is 6.92 Å². The molecule has 2 fully saturated rings. The van der Waals surface area contributed by atoms with Gasteiger partial charge in [-0.3, -0.25) is 9.47 Å². The summed E-state index contributed by atoms with van der Waals surface area (Å²) in [4.78, 5) is 4.82. The second-order valence-electron chi connectivity index (χ2n) is 8.07. The molecule has 0 spiro atoms. The fourth-order valence-electron chi connectivity index (χ4n) is 4.09. The minimum absolute atomic E-state index is 0.160. The number of ether oxygens (including phenoxy) is 1. The summed E-state index contributed by atoms with van der Waals surface area (Å²) in [6.07, 6.45) is 3.14. The summed E-state index contributed by atoms with van der Waals surface area (Å²) in [5.41, 5.74) is 2.58. The van der Waals surface area contributed by atoms with Crippen LogP contribution in [0.5, 0.6) is 17.5 Å². The maximum Gasteiger partial charge on any atom is 0.218 e. The van der Waals surface area contributed by atoms with Crippen molar-refractivity contribution in [3.05, 3.63) is 29.8 Å². The van der Waals surface area contributed by atoms with Crippen LogP contribution in [0.15, 0.2) is 24.3 Å². The van der Waals surface area contributed by atoms with Crippen molar-refractivity contribution in [3.8, 4) is 17.5 Å². The minimum atomic E-state index is 0.160. The smallest absolute Gasteiger partial charge is 0.218 e. The van der Waals surface area contributed by atoms with E-state index in [1.807, 2.05) is 19.1 Å². The van der Waals surface area contributed by atoms with Gasteiger partial charge in [-0.15, -0.1) is 0 Å². The van der Waals surface area contributed by atoms with E-state index in [0.29, 0.717) is 18.3 Å². The SMILES string of the molecule is COc1ccccc1N1CCN(CCCn2c(O)c(C)c(NC3CC3)c2O)CC1. The van der Waals surface area contributed by atoms with E-state index in [0.717, 1.165) is 69.0 Å². The van der Waals surface area contributed by atoms with Crippen LogP contribution in [-0.2, 0) is 6.54 Å². The molecule has 2 aliphatic rings. The number of nitrogens with zero attached hydrogens (tertiary/aromatic N) is 3. The fraction of sp³-hybridized carbons (Fsp3) is 0.545. The second kappa shape index (κ2) is 8.45. The Morgan fingerprint density at radius 3 is 2.45 bits per heavy atom. The fourth-order valence-corrected chi connectivity index (χ4v) is 4.09. The molecule has 1 aromatic carbocycles. The normalized spacial score (nSPS) is 17.5. The van der Waals surface area contributed by atoms with Crippen LogP contribution in [0.2, 0.25) is 0 Å². The van der Waals surface area contributed by atoms with Crippen molar-refractivity contribution in [2.75, 3.05) is 50.1 Å². The molecule has 0 radical (unpaired) electrons. The lowest BCUT2D eigenvalue weighted by Crippen LogP contribution is -2.46. The molecule has 1 saturated carbocycles. The predicted molar refractivity (Wildman–Crippen MR) is 115 cm³/mol. The number of aromatic nitrogens is 1. The molecule has 158 valence electrons. The maximum absolute atomic E-state index is 10.5. The van der Waals surface area contributed by atoms with Gasteiger partial charge in [0.05, 0.1) is 12.8 Å². The summed E-state index contributed by atoms with van der Waals surface area (Å²) in [6.45, 7) is 7.33. The van der Waals surface area contributed by atoms with E-state index in [-0.39, 0.29) is 11.8 Å². The van der Waals surface area contributed by atoms with Crippen molar-refractivity contribution < 1.29 is 14.9 Å². The number of methoxy groups -OCH3 is 1. The zero-order chi connectivity index (χ0) is 20.4. The van der Waals surface area contributed by atoms with Gasteiger partial charge in [-0.1, -0.05) is 12.1 Å². The molecule has 7 nitrogen and oxygen atoms in total. The molecule has 3 N–H and O–H groups in total. The molecule has 1 aliphatic heterocycles. The number of hydrogen-bond donors (Lipinski definition) is 3.